The Labute approximate surface area is 116 Å². The molecule has 0 heterocycles. The number of nitrogens with zero attached hydrogens (tertiary/aromatic N) is 1. The average Bonchev–Trinajstić information content (AvgIpc) is 2.44. The number of nitrogen functional groups attached to an aromatic ring is 1. The Kier molecular flexibility index (Phi) is 3.89. The molecule has 2 rings (SSSR count). The number of aromatic hydroxyl groups is 1. The fourth-order valence-electron chi connectivity index (χ4n) is 1.97. The third-order valence-electron chi connectivity index (χ3n) is 2.97. The molecule has 104 valence electrons. The number of carbonyl (C=O) groups excluding carboxylic acids is 1. The van der Waals surface area contributed by atoms with Gasteiger partial charge in [-0.05, 0) is 37.3 Å². The molecule has 4 nitrogen and oxygen atoms in total. The lowest BCUT2D eigenvalue weighted by atomic mass is 10.1. The van der Waals surface area contributed by atoms with Gasteiger partial charge in [0.15, 0.2) is 0 Å². The number of hydrogen-bond donors (Lipinski definition) is 2. The van der Waals surface area contributed by atoms with E-state index in [1.165, 1.54) is 35.2 Å². The van der Waals surface area contributed by atoms with Crippen molar-refractivity contribution in [2.75, 3.05) is 17.2 Å². The summed E-state index contributed by atoms with van der Waals surface area (Å²) >= 11 is 0. The van der Waals surface area contributed by atoms with E-state index in [4.69, 9.17) is 5.73 Å². The minimum absolute atomic E-state index is 0.0628. The normalized spacial score (nSPS) is 10.3. The first-order valence-corrected chi connectivity index (χ1v) is 6.19. The highest BCUT2D eigenvalue weighted by atomic mass is 19.1. The van der Waals surface area contributed by atoms with Gasteiger partial charge in [0.05, 0.1) is 11.3 Å². The van der Waals surface area contributed by atoms with Crippen LogP contribution >= 0.6 is 0 Å². The number of amides is 1. The van der Waals surface area contributed by atoms with Crippen LogP contribution in [0.5, 0.6) is 5.75 Å². The minimum Gasteiger partial charge on any atom is -0.508 e. The summed E-state index contributed by atoms with van der Waals surface area (Å²) in [6, 6.07) is 10.1. The van der Waals surface area contributed by atoms with E-state index in [-0.39, 0.29) is 29.2 Å². The van der Waals surface area contributed by atoms with Crippen molar-refractivity contribution in [1.29, 1.82) is 0 Å². The topological polar surface area (TPSA) is 66.6 Å². The first-order chi connectivity index (χ1) is 9.54. The molecule has 0 fully saturated rings. The second-order valence-electron chi connectivity index (χ2n) is 4.27. The zero-order valence-corrected chi connectivity index (χ0v) is 11.0. The quantitative estimate of drug-likeness (QED) is 0.668. The molecule has 0 aliphatic rings. The summed E-state index contributed by atoms with van der Waals surface area (Å²) in [7, 11) is 0. The molecule has 2 aromatic carbocycles. The molecule has 0 unspecified atom stereocenters. The van der Waals surface area contributed by atoms with Crippen LogP contribution in [-0.4, -0.2) is 17.6 Å². The second-order valence-corrected chi connectivity index (χ2v) is 4.27. The number of hydrogen-bond acceptors (Lipinski definition) is 3. The van der Waals surface area contributed by atoms with E-state index < -0.39 is 11.7 Å². The van der Waals surface area contributed by atoms with Crippen molar-refractivity contribution < 1.29 is 14.3 Å². The molecule has 0 saturated carbocycles. The standard InChI is InChI=1S/C15H15FN2O2/c1-2-18(14-6-4-3-5-12(14)16)15(20)11-9-10(19)7-8-13(11)17/h3-9,19H,2,17H2,1H3. The van der Waals surface area contributed by atoms with E-state index in [1.54, 1.807) is 19.1 Å². The molecule has 5 heteroatoms. The molecule has 0 atom stereocenters. The number of anilines is 2. The minimum atomic E-state index is -0.485. The number of phenols is 1. The van der Waals surface area contributed by atoms with E-state index in [2.05, 4.69) is 0 Å². The predicted octanol–water partition coefficient (Wildman–Crippen LogP) is 2.78. The fourth-order valence-corrected chi connectivity index (χ4v) is 1.97. The first kappa shape index (κ1) is 13.9. The van der Waals surface area contributed by atoms with E-state index in [1.807, 2.05) is 0 Å². The molecule has 3 N–H and O–H groups in total. The molecule has 20 heavy (non-hydrogen) atoms. The highest BCUT2D eigenvalue weighted by Crippen LogP contribution is 2.25. The van der Waals surface area contributed by atoms with Crippen LogP contribution in [0.25, 0.3) is 0 Å². The Morgan fingerprint density at radius 2 is 2.00 bits per heavy atom. The summed E-state index contributed by atoms with van der Waals surface area (Å²) in [4.78, 5) is 13.7. The van der Waals surface area contributed by atoms with Crippen LogP contribution in [0, 0.1) is 5.82 Å². The smallest absolute Gasteiger partial charge is 0.260 e. The van der Waals surface area contributed by atoms with Gasteiger partial charge < -0.3 is 15.7 Å². The third-order valence-corrected chi connectivity index (χ3v) is 2.97. The lowest BCUT2D eigenvalue weighted by Gasteiger charge is -2.22. The summed E-state index contributed by atoms with van der Waals surface area (Å²) in [5, 5.41) is 9.47. The lowest BCUT2D eigenvalue weighted by molar-refractivity contribution is 0.0988. The molecule has 0 aliphatic heterocycles. The average molecular weight is 274 g/mol. The van der Waals surface area contributed by atoms with Crippen molar-refractivity contribution in [3.05, 3.63) is 53.8 Å². The lowest BCUT2D eigenvalue weighted by Crippen LogP contribution is -2.31. The van der Waals surface area contributed by atoms with E-state index in [0.717, 1.165) is 0 Å². The number of benzene rings is 2. The number of halogens is 1. The van der Waals surface area contributed by atoms with Gasteiger partial charge in [0.25, 0.3) is 5.91 Å². The molecule has 0 bridgehead atoms. The SMILES string of the molecule is CCN(C(=O)c1cc(O)ccc1N)c1ccccc1F. The Balaban J connectivity index is 2.45. The number of rotatable bonds is 3. The number of nitrogens with two attached hydrogens (primary N) is 1. The summed E-state index contributed by atoms with van der Waals surface area (Å²) < 4.78 is 13.8. The first-order valence-electron chi connectivity index (χ1n) is 6.19. The van der Waals surface area contributed by atoms with Gasteiger partial charge in [-0.1, -0.05) is 12.1 Å². The van der Waals surface area contributed by atoms with Gasteiger partial charge in [0.2, 0.25) is 0 Å². The van der Waals surface area contributed by atoms with Crippen molar-refractivity contribution >= 4 is 17.3 Å². The van der Waals surface area contributed by atoms with Crippen LogP contribution in [0.4, 0.5) is 15.8 Å². The molecule has 0 radical (unpaired) electrons. The van der Waals surface area contributed by atoms with Crippen LogP contribution in [0.15, 0.2) is 42.5 Å². The van der Waals surface area contributed by atoms with Crippen LogP contribution in [0.2, 0.25) is 0 Å². The van der Waals surface area contributed by atoms with Crippen LogP contribution in [-0.2, 0) is 0 Å². The Morgan fingerprint density at radius 3 is 2.65 bits per heavy atom. The fraction of sp³-hybridized carbons (Fsp3) is 0.133. The van der Waals surface area contributed by atoms with E-state index >= 15 is 0 Å². The Bertz CT molecular complexity index is 644. The zero-order valence-electron chi connectivity index (χ0n) is 11.0. The highest BCUT2D eigenvalue weighted by Gasteiger charge is 2.21. The monoisotopic (exact) mass is 274 g/mol. The second kappa shape index (κ2) is 5.61. The molecular weight excluding hydrogens is 259 g/mol. The molecule has 0 saturated heterocycles. The van der Waals surface area contributed by atoms with Gasteiger partial charge in [0, 0.05) is 12.2 Å². The van der Waals surface area contributed by atoms with Crippen molar-refractivity contribution in [3.63, 3.8) is 0 Å². The third kappa shape index (κ3) is 2.56. The van der Waals surface area contributed by atoms with Crippen LogP contribution in [0.3, 0.4) is 0 Å². The molecule has 1 amide bonds. The summed E-state index contributed by atoms with van der Waals surface area (Å²) in [6.45, 7) is 2.03. The van der Waals surface area contributed by atoms with Crippen molar-refractivity contribution in [2.45, 2.75) is 6.92 Å². The number of carbonyl (C=O) groups is 1. The predicted molar refractivity (Wildman–Crippen MR) is 76.3 cm³/mol. The summed E-state index contributed by atoms with van der Waals surface area (Å²) in [6.07, 6.45) is 0. The zero-order chi connectivity index (χ0) is 14.7. The molecule has 0 aliphatic carbocycles. The van der Waals surface area contributed by atoms with Gasteiger partial charge in [-0.2, -0.15) is 0 Å². The van der Waals surface area contributed by atoms with Crippen molar-refractivity contribution in [2.24, 2.45) is 0 Å². The molecule has 0 aromatic heterocycles. The maximum Gasteiger partial charge on any atom is 0.260 e. The summed E-state index contributed by atoms with van der Waals surface area (Å²) in [5.74, 6) is -1.00. The van der Waals surface area contributed by atoms with Gasteiger partial charge >= 0.3 is 0 Å². The molecular formula is C15H15FN2O2. The van der Waals surface area contributed by atoms with Gasteiger partial charge in [-0.15, -0.1) is 0 Å². The largest absolute Gasteiger partial charge is 0.508 e. The Morgan fingerprint density at radius 1 is 1.30 bits per heavy atom. The van der Waals surface area contributed by atoms with Crippen LogP contribution in [0.1, 0.15) is 17.3 Å². The van der Waals surface area contributed by atoms with Crippen LogP contribution < -0.4 is 10.6 Å². The van der Waals surface area contributed by atoms with Gasteiger partial charge in [0.1, 0.15) is 11.6 Å². The van der Waals surface area contributed by atoms with Gasteiger partial charge in [-0.3, -0.25) is 4.79 Å². The Hall–Kier alpha value is -2.56. The van der Waals surface area contributed by atoms with E-state index in [9.17, 15) is 14.3 Å². The van der Waals surface area contributed by atoms with E-state index in [0.29, 0.717) is 0 Å². The molecule has 0 spiro atoms. The highest BCUT2D eigenvalue weighted by molar-refractivity contribution is 6.09. The summed E-state index contributed by atoms with van der Waals surface area (Å²) in [5.41, 5.74) is 6.32. The number of phenolic OH excluding ortho intramolecular Hbond substituents is 1. The van der Waals surface area contributed by atoms with Crippen molar-refractivity contribution in [3.8, 4) is 5.75 Å². The van der Waals surface area contributed by atoms with Crippen molar-refractivity contribution in [1.82, 2.24) is 0 Å². The maximum absolute atomic E-state index is 13.8. The maximum atomic E-state index is 13.8. The number of para-hydroxylation sites is 1. The van der Waals surface area contributed by atoms with Gasteiger partial charge in [-0.25, -0.2) is 4.39 Å². The molecule has 2 aromatic rings.